The second-order valence-electron chi connectivity index (χ2n) is 6.94. The Bertz CT molecular complexity index is 648. The molecule has 0 spiro atoms. The van der Waals surface area contributed by atoms with Gasteiger partial charge in [-0.25, -0.2) is 4.79 Å². The van der Waals surface area contributed by atoms with Gasteiger partial charge in [0.1, 0.15) is 5.75 Å². The van der Waals surface area contributed by atoms with Gasteiger partial charge in [-0.2, -0.15) is 0 Å². The molecule has 0 N–H and O–H groups in total. The fourth-order valence-corrected chi connectivity index (χ4v) is 3.59. The maximum absolute atomic E-state index is 12.0. The molecule has 0 saturated carbocycles. The number of hydrogen-bond acceptors (Lipinski definition) is 6. The number of nitrogens with zero attached hydrogens (tertiary/aromatic N) is 2. The summed E-state index contributed by atoms with van der Waals surface area (Å²) < 4.78 is 16.6. The maximum atomic E-state index is 12.0. The summed E-state index contributed by atoms with van der Waals surface area (Å²) in [4.78, 5) is 27.8. The summed E-state index contributed by atoms with van der Waals surface area (Å²) >= 11 is 0. The predicted octanol–water partition coefficient (Wildman–Crippen LogP) is 1.56. The largest absolute Gasteiger partial charge is 0.494 e. The van der Waals surface area contributed by atoms with Crippen molar-refractivity contribution in [2.24, 2.45) is 0 Å². The van der Waals surface area contributed by atoms with Crippen molar-refractivity contribution in [3.05, 3.63) is 29.8 Å². The van der Waals surface area contributed by atoms with Crippen LogP contribution in [-0.2, 0) is 14.3 Å². The highest BCUT2D eigenvalue weighted by atomic mass is 16.5. The Morgan fingerprint density at radius 3 is 2.78 bits per heavy atom. The standard InChI is InChI=1S/C20H28N2O5/c1-3-25-20(24)15-5-7-16(8-6-15)26-11-4-10-22-13-17-18(14-22)27-12-9-19(23)21(17)2/h5-8,17-18H,3-4,9-14H2,1-2H3/t17-,18-/m0/s1. The fraction of sp³-hybridized carbons (Fsp3) is 0.600. The van der Waals surface area contributed by atoms with Gasteiger partial charge in [0.2, 0.25) is 5.91 Å². The molecule has 0 aliphatic carbocycles. The topological polar surface area (TPSA) is 68.3 Å². The Kier molecular flexibility index (Phi) is 6.68. The molecule has 0 unspecified atom stereocenters. The first kappa shape index (κ1) is 19.6. The van der Waals surface area contributed by atoms with E-state index in [0.29, 0.717) is 31.8 Å². The number of fused-ring (bicyclic) bond motifs is 1. The number of esters is 1. The lowest BCUT2D eigenvalue weighted by atomic mass is 10.2. The number of amides is 1. The number of rotatable bonds is 7. The van der Waals surface area contributed by atoms with E-state index >= 15 is 0 Å². The fourth-order valence-electron chi connectivity index (χ4n) is 3.59. The van der Waals surface area contributed by atoms with E-state index in [9.17, 15) is 9.59 Å². The van der Waals surface area contributed by atoms with Gasteiger partial charge in [0.25, 0.3) is 0 Å². The van der Waals surface area contributed by atoms with Crippen LogP contribution in [0.25, 0.3) is 0 Å². The van der Waals surface area contributed by atoms with Gasteiger partial charge in [-0.05, 0) is 37.6 Å². The molecule has 1 amide bonds. The molecule has 1 aromatic rings. The van der Waals surface area contributed by atoms with Crippen LogP contribution >= 0.6 is 0 Å². The molecule has 148 valence electrons. The predicted molar refractivity (Wildman–Crippen MR) is 99.9 cm³/mol. The Labute approximate surface area is 160 Å². The third kappa shape index (κ3) is 4.99. The van der Waals surface area contributed by atoms with Crippen LogP contribution in [-0.4, -0.2) is 80.3 Å². The Balaban J connectivity index is 1.39. The first-order chi connectivity index (χ1) is 13.1. The van der Waals surface area contributed by atoms with E-state index in [1.807, 2.05) is 11.9 Å². The van der Waals surface area contributed by atoms with E-state index < -0.39 is 0 Å². The number of carbonyl (C=O) groups excluding carboxylic acids is 2. The summed E-state index contributed by atoms with van der Waals surface area (Å²) in [5.74, 6) is 0.586. The van der Waals surface area contributed by atoms with Crippen molar-refractivity contribution < 1.29 is 23.8 Å². The molecule has 2 heterocycles. The van der Waals surface area contributed by atoms with Crippen molar-refractivity contribution >= 4 is 11.9 Å². The van der Waals surface area contributed by atoms with Crippen molar-refractivity contribution in [2.75, 3.05) is 46.5 Å². The molecule has 27 heavy (non-hydrogen) atoms. The number of carbonyl (C=O) groups is 2. The molecule has 1 aromatic carbocycles. The van der Waals surface area contributed by atoms with Crippen molar-refractivity contribution in [3.8, 4) is 5.75 Å². The highest BCUT2D eigenvalue weighted by Crippen LogP contribution is 2.22. The minimum atomic E-state index is -0.319. The first-order valence-corrected chi connectivity index (χ1v) is 9.58. The van der Waals surface area contributed by atoms with Crippen LogP contribution in [0.2, 0.25) is 0 Å². The zero-order valence-electron chi connectivity index (χ0n) is 16.1. The van der Waals surface area contributed by atoms with Gasteiger partial charge in [-0.3, -0.25) is 9.69 Å². The number of likely N-dealkylation sites (N-methyl/N-ethyl adjacent to an activating group) is 1. The van der Waals surface area contributed by atoms with Crippen LogP contribution in [0.1, 0.15) is 30.1 Å². The van der Waals surface area contributed by atoms with Gasteiger partial charge in [0.05, 0.1) is 44.0 Å². The third-order valence-corrected chi connectivity index (χ3v) is 5.10. The van der Waals surface area contributed by atoms with Crippen LogP contribution in [0.5, 0.6) is 5.75 Å². The SMILES string of the molecule is CCOC(=O)c1ccc(OCCCN2C[C@@H]3OCCC(=O)N(C)[C@H]3C2)cc1. The smallest absolute Gasteiger partial charge is 0.338 e. The molecule has 2 fully saturated rings. The van der Waals surface area contributed by atoms with Gasteiger partial charge in [-0.15, -0.1) is 0 Å². The number of hydrogen-bond donors (Lipinski definition) is 0. The molecule has 7 heteroatoms. The molecular weight excluding hydrogens is 348 g/mol. The zero-order valence-corrected chi connectivity index (χ0v) is 16.1. The summed E-state index contributed by atoms with van der Waals surface area (Å²) in [5, 5.41) is 0. The van der Waals surface area contributed by atoms with Gasteiger partial charge in [-0.1, -0.05) is 0 Å². The van der Waals surface area contributed by atoms with Crippen LogP contribution in [0.4, 0.5) is 0 Å². The Morgan fingerprint density at radius 1 is 1.26 bits per heavy atom. The molecule has 2 saturated heterocycles. The summed E-state index contributed by atoms with van der Waals surface area (Å²) in [5.41, 5.74) is 0.526. The third-order valence-electron chi connectivity index (χ3n) is 5.10. The van der Waals surface area contributed by atoms with E-state index in [-0.39, 0.29) is 24.0 Å². The van der Waals surface area contributed by atoms with E-state index in [2.05, 4.69) is 4.90 Å². The second kappa shape index (κ2) is 9.19. The maximum Gasteiger partial charge on any atom is 0.338 e. The van der Waals surface area contributed by atoms with Crippen molar-refractivity contribution in [1.29, 1.82) is 0 Å². The molecule has 2 atom stereocenters. The lowest BCUT2D eigenvalue weighted by Gasteiger charge is -2.25. The highest BCUT2D eigenvalue weighted by molar-refractivity contribution is 5.89. The van der Waals surface area contributed by atoms with Crippen molar-refractivity contribution in [2.45, 2.75) is 31.9 Å². The van der Waals surface area contributed by atoms with Crippen LogP contribution in [0.3, 0.4) is 0 Å². The quantitative estimate of drug-likeness (QED) is 0.531. The van der Waals surface area contributed by atoms with E-state index in [0.717, 1.165) is 31.8 Å². The zero-order chi connectivity index (χ0) is 19.2. The van der Waals surface area contributed by atoms with Gasteiger partial charge < -0.3 is 19.1 Å². The molecule has 0 aromatic heterocycles. The van der Waals surface area contributed by atoms with E-state index in [1.165, 1.54) is 0 Å². The van der Waals surface area contributed by atoms with Crippen LogP contribution in [0.15, 0.2) is 24.3 Å². The van der Waals surface area contributed by atoms with Gasteiger partial charge in [0, 0.05) is 26.7 Å². The van der Waals surface area contributed by atoms with Gasteiger partial charge >= 0.3 is 5.97 Å². The van der Waals surface area contributed by atoms with Crippen molar-refractivity contribution in [1.82, 2.24) is 9.80 Å². The summed E-state index contributed by atoms with van der Waals surface area (Å²) in [6.07, 6.45) is 1.47. The summed E-state index contributed by atoms with van der Waals surface area (Å²) in [6.45, 7) is 5.87. The Hall–Kier alpha value is -2.12. The van der Waals surface area contributed by atoms with E-state index in [1.54, 1.807) is 31.2 Å². The molecule has 7 nitrogen and oxygen atoms in total. The lowest BCUT2D eigenvalue weighted by molar-refractivity contribution is -0.131. The first-order valence-electron chi connectivity index (χ1n) is 9.58. The monoisotopic (exact) mass is 376 g/mol. The van der Waals surface area contributed by atoms with Crippen LogP contribution in [0, 0.1) is 0 Å². The highest BCUT2D eigenvalue weighted by Gasteiger charge is 2.39. The normalized spacial score (nSPS) is 23.0. The Morgan fingerprint density at radius 2 is 2.04 bits per heavy atom. The van der Waals surface area contributed by atoms with E-state index in [4.69, 9.17) is 14.2 Å². The summed E-state index contributed by atoms with van der Waals surface area (Å²) in [6, 6.07) is 7.15. The second-order valence-corrected chi connectivity index (χ2v) is 6.94. The number of likely N-dealkylation sites (tertiary alicyclic amines) is 1. The average Bonchev–Trinajstić information content (AvgIpc) is 3.02. The molecule has 0 bridgehead atoms. The minimum Gasteiger partial charge on any atom is -0.494 e. The minimum absolute atomic E-state index is 0.109. The van der Waals surface area contributed by atoms with Gasteiger partial charge in [0.15, 0.2) is 0 Å². The molecule has 3 rings (SSSR count). The molecule has 2 aliphatic heterocycles. The molecule has 2 aliphatic rings. The lowest BCUT2D eigenvalue weighted by Crippen LogP contribution is -2.42. The molecule has 0 radical (unpaired) electrons. The number of ether oxygens (including phenoxy) is 3. The van der Waals surface area contributed by atoms with Crippen molar-refractivity contribution in [3.63, 3.8) is 0 Å². The summed E-state index contributed by atoms with van der Waals surface area (Å²) in [7, 11) is 1.88. The molecular formula is C20H28N2O5. The number of benzene rings is 1. The van der Waals surface area contributed by atoms with Crippen LogP contribution < -0.4 is 4.74 Å². The average molecular weight is 376 g/mol.